The summed E-state index contributed by atoms with van der Waals surface area (Å²) in [6.45, 7) is -0.139. The molecule has 0 bridgehead atoms. The first-order chi connectivity index (χ1) is 5.18. The molecule has 0 radical (unpaired) electrons. The van der Waals surface area contributed by atoms with Crippen LogP contribution >= 0.6 is 0 Å². The van der Waals surface area contributed by atoms with Gasteiger partial charge in [0.15, 0.2) is 12.4 Å². The van der Waals surface area contributed by atoms with Gasteiger partial charge in [0.2, 0.25) is 6.54 Å². The first-order valence-electron chi connectivity index (χ1n) is 3.05. The Morgan fingerprint density at radius 2 is 2.09 bits per heavy atom. The highest BCUT2D eigenvalue weighted by molar-refractivity contribution is 5.64. The van der Waals surface area contributed by atoms with Gasteiger partial charge in [0, 0.05) is 12.1 Å². The van der Waals surface area contributed by atoms with Gasteiger partial charge >= 0.3 is 5.97 Å². The van der Waals surface area contributed by atoms with Crippen LogP contribution in [0.1, 0.15) is 0 Å². The molecule has 0 fully saturated rings. The molecule has 0 aromatic carbocycles. The van der Waals surface area contributed by atoms with Gasteiger partial charge < -0.3 is 5.11 Å². The predicted molar refractivity (Wildman–Crippen MR) is 34.2 cm³/mol. The Balaban J connectivity index is 2.74. The van der Waals surface area contributed by atoms with E-state index >= 15 is 0 Å². The lowest BCUT2D eigenvalue weighted by atomic mass is 10.4. The Morgan fingerprint density at radius 3 is 2.55 bits per heavy atom. The molecule has 58 valence electrons. The third-order valence-corrected chi connectivity index (χ3v) is 1.17. The number of nitrogens with zero attached hydrogens (tertiary/aromatic N) is 1. The van der Waals surface area contributed by atoms with Crippen LogP contribution in [-0.4, -0.2) is 11.1 Å². The van der Waals surface area contributed by atoms with Crippen molar-refractivity contribution in [2.75, 3.05) is 0 Å². The number of aromatic nitrogens is 1. The van der Waals surface area contributed by atoms with Crippen molar-refractivity contribution in [2.45, 2.75) is 6.54 Å². The fourth-order valence-electron chi connectivity index (χ4n) is 0.701. The van der Waals surface area contributed by atoms with E-state index in [0.717, 1.165) is 0 Å². The lowest BCUT2D eigenvalue weighted by molar-refractivity contribution is -0.686. The van der Waals surface area contributed by atoms with Crippen molar-refractivity contribution in [2.24, 2.45) is 0 Å². The highest BCUT2D eigenvalue weighted by Crippen LogP contribution is 1.88. The predicted octanol–water partition coefficient (Wildman–Crippen LogP) is 0.198. The first-order valence-corrected chi connectivity index (χ1v) is 3.05. The summed E-state index contributed by atoms with van der Waals surface area (Å²) in [7, 11) is 0. The number of halogens is 1. The molecule has 4 heteroatoms. The summed E-state index contributed by atoms with van der Waals surface area (Å²) in [5.41, 5.74) is 0. The van der Waals surface area contributed by atoms with Gasteiger partial charge in [-0.15, -0.1) is 0 Å². The average Bonchev–Trinajstić information content (AvgIpc) is 1.93. The van der Waals surface area contributed by atoms with Gasteiger partial charge in [0.25, 0.3) is 0 Å². The summed E-state index contributed by atoms with van der Waals surface area (Å²) in [4.78, 5) is 10.1. The largest absolute Gasteiger partial charge is 0.477 e. The molecule has 1 heterocycles. The van der Waals surface area contributed by atoms with Crippen molar-refractivity contribution in [3.8, 4) is 0 Å². The zero-order valence-corrected chi connectivity index (χ0v) is 5.70. The fraction of sp³-hybridized carbons (Fsp3) is 0.143. The summed E-state index contributed by atoms with van der Waals surface area (Å²) < 4.78 is 13.6. The first kappa shape index (κ1) is 7.65. The van der Waals surface area contributed by atoms with Gasteiger partial charge in [0.1, 0.15) is 5.82 Å². The zero-order valence-electron chi connectivity index (χ0n) is 5.70. The van der Waals surface area contributed by atoms with Crippen molar-refractivity contribution in [1.82, 2.24) is 0 Å². The summed E-state index contributed by atoms with van der Waals surface area (Å²) in [5, 5.41) is 8.32. The second-order valence-electron chi connectivity index (χ2n) is 2.08. The third kappa shape index (κ3) is 2.33. The van der Waals surface area contributed by atoms with Crippen molar-refractivity contribution >= 4 is 5.97 Å². The van der Waals surface area contributed by atoms with Crippen LogP contribution in [0.3, 0.4) is 0 Å². The number of aliphatic carboxylic acids is 1. The molecule has 0 atom stereocenters. The number of carbonyl (C=O) groups is 1. The number of carboxylic acid groups (broad SMARTS) is 1. The van der Waals surface area contributed by atoms with Crippen molar-refractivity contribution in [3.63, 3.8) is 0 Å². The average molecular weight is 156 g/mol. The summed E-state index contributed by atoms with van der Waals surface area (Å²) in [6, 6.07) is 2.42. The Labute approximate surface area is 62.7 Å². The lowest BCUT2D eigenvalue weighted by Gasteiger charge is -1.89. The monoisotopic (exact) mass is 156 g/mol. The van der Waals surface area contributed by atoms with Gasteiger partial charge in [-0.25, -0.2) is 9.18 Å². The Morgan fingerprint density at radius 1 is 1.55 bits per heavy atom. The number of pyridine rings is 1. The van der Waals surface area contributed by atoms with Crippen LogP contribution in [0.2, 0.25) is 0 Å². The molecule has 1 rings (SSSR count). The molecule has 0 saturated heterocycles. The normalized spacial score (nSPS) is 9.55. The molecule has 1 N–H and O–H groups in total. The maximum absolute atomic E-state index is 12.3. The molecule has 1 aromatic rings. The minimum absolute atomic E-state index is 0.139. The Hall–Kier alpha value is -1.45. The molecule has 3 nitrogen and oxygen atoms in total. The highest BCUT2D eigenvalue weighted by atomic mass is 19.1. The minimum atomic E-state index is -0.943. The molecule has 0 aliphatic carbocycles. The Kier molecular flexibility index (Phi) is 2.15. The van der Waals surface area contributed by atoms with Gasteiger partial charge in [-0.3, -0.25) is 0 Å². The van der Waals surface area contributed by atoms with E-state index in [9.17, 15) is 9.18 Å². The second-order valence-corrected chi connectivity index (χ2v) is 2.08. The van der Waals surface area contributed by atoms with E-state index in [4.69, 9.17) is 5.11 Å². The quantitative estimate of drug-likeness (QED) is 0.621. The molecule has 0 spiro atoms. The number of carboxylic acids is 1. The van der Waals surface area contributed by atoms with E-state index in [2.05, 4.69) is 0 Å². The zero-order chi connectivity index (χ0) is 8.27. The van der Waals surface area contributed by atoms with E-state index < -0.39 is 5.97 Å². The molecule has 0 aliphatic rings. The maximum Gasteiger partial charge on any atom is 0.370 e. The van der Waals surface area contributed by atoms with Gasteiger partial charge in [-0.1, -0.05) is 0 Å². The van der Waals surface area contributed by atoms with Gasteiger partial charge in [-0.05, 0) is 0 Å². The fourth-order valence-corrected chi connectivity index (χ4v) is 0.701. The summed E-state index contributed by atoms with van der Waals surface area (Å²) in [5.74, 6) is -1.31. The molecule has 0 amide bonds. The second kappa shape index (κ2) is 3.09. The van der Waals surface area contributed by atoms with Crippen molar-refractivity contribution in [3.05, 3.63) is 30.3 Å². The minimum Gasteiger partial charge on any atom is -0.477 e. The highest BCUT2D eigenvalue weighted by Gasteiger charge is 2.05. The van der Waals surface area contributed by atoms with Crippen molar-refractivity contribution in [1.29, 1.82) is 0 Å². The smallest absolute Gasteiger partial charge is 0.370 e. The van der Waals surface area contributed by atoms with Gasteiger partial charge in [0.05, 0.1) is 0 Å². The molecular weight excluding hydrogens is 149 g/mol. The number of rotatable bonds is 2. The van der Waals surface area contributed by atoms with Crippen LogP contribution in [0.15, 0.2) is 24.5 Å². The van der Waals surface area contributed by atoms with Crippen LogP contribution in [-0.2, 0) is 11.3 Å². The van der Waals surface area contributed by atoms with Crippen LogP contribution in [0.25, 0.3) is 0 Å². The van der Waals surface area contributed by atoms with Crippen LogP contribution in [0.5, 0.6) is 0 Å². The maximum atomic E-state index is 12.3. The molecule has 11 heavy (non-hydrogen) atoms. The summed E-state index contributed by atoms with van der Waals surface area (Å²) >= 11 is 0. The van der Waals surface area contributed by atoms with Gasteiger partial charge in [-0.2, -0.15) is 4.57 Å². The summed E-state index contributed by atoms with van der Waals surface area (Å²) in [6.07, 6.45) is 2.76. The van der Waals surface area contributed by atoms with E-state index in [1.54, 1.807) is 0 Å². The van der Waals surface area contributed by atoms with E-state index in [1.807, 2.05) is 0 Å². The molecular formula is C7H7FNO2+. The molecule has 1 aromatic heterocycles. The van der Waals surface area contributed by atoms with Crippen LogP contribution < -0.4 is 4.57 Å². The van der Waals surface area contributed by atoms with E-state index in [-0.39, 0.29) is 12.4 Å². The molecule has 0 saturated carbocycles. The van der Waals surface area contributed by atoms with Crippen molar-refractivity contribution < 1.29 is 18.9 Å². The lowest BCUT2D eigenvalue weighted by Crippen LogP contribution is -2.36. The van der Waals surface area contributed by atoms with E-state index in [1.165, 1.54) is 29.1 Å². The molecule has 0 unspecified atom stereocenters. The SMILES string of the molecule is O=C(O)C[n+]1ccc(F)cc1. The van der Waals surface area contributed by atoms with Crippen LogP contribution in [0.4, 0.5) is 4.39 Å². The number of hydrogen-bond acceptors (Lipinski definition) is 1. The third-order valence-electron chi connectivity index (χ3n) is 1.17. The van der Waals surface area contributed by atoms with E-state index in [0.29, 0.717) is 0 Å². The Bertz CT molecular complexity index is 258. The number of hydrogen-bond donors (Lipinski definition) is 1. The topological polar surface area (TPSA) is 41.2 Å². The molecule has 0 aliphatic heterocycles. The standard InChI is InChI=1S/C7H6FNO2/c8-6-1-3-9(4-2-6)5-7(10)11/h1-4H,5H2/p+1. The van der Waals surface area contributed by atoms with Crippen LogP contribution in [0, 0.1) is 5.82 Å².